The SMILES string of the molecule is N#Cc1ccc(Oc2ccc(/C=C3\SC(N4CCNC(=O)C4)=NC3=O)cc2O)c(CF)c1. The summed E-state index contributed by atoms with van der Waals surface area (Å²) < 4.78 is 18.9. The Bertz CT molecular complexity index is 1200. The lowest BCUT2D eigenvalue weighted by atomic mass is 10.1. The standard InChI is InChI=1S/C22H17FN4O4S/c23-10-15-7-14(11-24)2-3-17(15)31-18-4-1-13(8-16(18)28)9-19-21(30)26-22(32-19)27-6-5-25-20(29)12-27/h1-4,7-9,28H,5-6,10,12H2,(H,25,29)/b19-9-. The minimum Gasteiger partial charge on any atom is -0.504 e. The number of aromatic hydroxyl groups is 1. The molecular weight excluding hydrogens is 435 g/mol. The molecule has 2 heterocycles. The highest BCUT2D eigenvalue weighted by atomic mass is 32.2. The van der Waals surface area contributed by atoms with E-state index in [1.807, 2.05) is 6.07 Å². The number of amides is 2. The van der Waals surface area contributed by atoms with Gasteiger partial charge in [0.1, 0.15) is 12.4 Å². The van der Waals surface area contributed by atoms with Gasteiger partial charge in [-0.2, -0.15) is 10.3 Å². The third-order valence-corrected chi connectivity index (χ3v) is 5.80. The van der Waals surface area contributed by atoms with Crippen molar-refractivity contribution in [2.45, 2.75) is 6.67 Å². The summed E-state index contributed by atoms with van der Waals surface area (Å²) in [6.45, 7) is 0.386. The zero-order chi connectivity index (χ0) is 22.7. The second-order valence-corrected chi connectivity index (χ2v) is 7.99. The smallest absolute Gasteiger partial charge is 0.286 e. The Kier molecular flexibility index (Phi) is 6.09. The zero-order valence-electron chi connectivity index (χ0n) is 16.7. The quantitative estimate of drug-likeness (QED) is 0.686. The number of thioether (sulfide) groups is 1. The van der Waals surface area contributed by atoms with Crippen molar-refractivity contribution in [1.82, 2.24) is 10.2 Å². The summed E-state index contributed by atoms with van der Waals surface area (Å²) in [7, 11) is 0. The van der Waals surface area contributed by atoms with Gasteiger partial charge in [0.2, 0.25) is 5.91 Å². The van der Waals surface area contributed by atoms with Crippen molar-refractivity contribution in [2.24, 2.45) is 4.99 Å². The third kappa shape index (κ3) is 4.58. The van der Waals surface area contributed by atoms with Gasteiger partial charge in [-0.1, -0.05) is 6.07 Å². The lowest BCUT2D eigenvalue weighted by Crippen LogP contribution is -2.49. The minimum atomic E-state index is -0.823. The van der Waals surface area contributed by atoms with Crippen molar-refractivity contribution >= 4 is 34.8 Å². The van der Waals surface area contributed by atoms with Gasteiger partial charge in [-0.3, -0.25) is 9.59 Å². The van der Waals surface area contributed by atoms with Gasteiger partial charge in [0.25, 0.3) is 5.91 Å². The van der Waals surface area contributed by atoms with Crippen LogP contribution in [-0.2, 0) is 16.3 Å². The van der Waals surface area contributed by atoms with E-state index < -0.39 is 12.6 Å². The maximum Gasteiger partial charge on any atom is 0.286 e. The van der Waals surface area contributed by atoms with Crippen LogP contribution in [0.2, 0.25) is 0 Å². The molecule has 0 spiro atoms. The van der Waals surface area contributed by atoms with Gasteiger partial charge in [0.05, 0.1) is 23.1 Å². The van der Waals surface area contributed by atoms with Gasteiger partial charge >= 0.3 is 0 Å². The Balaban J connectivity index is 1.49. The van der Waals surface area contributed by atoms with Crippen LogP contribution in [0, 0.1) is 11.3 Å². The molecule has 2 aromatic rings. The highest BCUT2D eigenvalue weighted by Gasteiger charge is 2.28. The molecule has 2 amide bonds. The third-order valence-electron chi connectivity index (χ3n) is 4.75. The van der Waals surface area contributed by atoms with Crippen LogP contribution in [0.25, 0.3) is 6.08 Å². The first kappa shape index (κ1) is 21.4. The van der Waals surface area contributed by atoms with E-state index in [9.17, 15) is 19.1 Å². The van der Waals surface area contributed by atoms with Crippen LogP contribution in [0.4, 0.5) is 4.39 Å². The lowest BCUT2D eigenvalue weighted by molar-refractivity contribution is -0.123. The Morgan fingerprint density at radius 3 is 2.81 bits per heavy atom. The Labute approximate surface area is 187 Å². The van der Waals surface area contributed by atoms with E-state index >= 15 is 0 Å². The first-order valence-electron chi connectivity index (χ1n) is 9.61. The molecule has 10 heteroatoms. The molecule has 0 radical (unpaired) electrons. The van der Waals surface area contributed by atoms with E-state index in [2.05, 4.69) is 10.3 Å². The van der Waals surface area contributed by atoms with Gasteiger partial charge in [-0.05, 0) is 53.7 Å². The summed E-state index contributed by atoms with van der Waals surface area (Å²) >= 11 is 1.17. The summed E-state index contributed by atoms with van der Waals surface area (Å²) in [5.74, 6) is -0.437. The van der Waals surface area contributed by atoms with Crippen LogP contribution in [0.3, 0.4) is 0 Å². The molecule has 1 saturated heterocycles. The number of nitrogens with one attached hydrogen (secondary N) is 1. The van der Waals surface area contributed by atoms with Gasteiger partial charge < -0.3 is 20.1 Å². The number of halogens is 1. The van der Waals surface area contributed by atoms with E-state index in [4.69, 9.17) is 10.00 Å². The predicted octanol–water partition coefficient (Wildman–Crippen LogP) is 2.93. The van der Waals surface area contributed by atoms with Crippen molar-refractivity contribution in [2.75, 3.05) is 19.6 Å². The van der Waals surface area contributed by atoms with Crippen molar-refractivity contribution in [3.05, 3.63) is 58.0 Å². The second kappa shape index (κ2) is 9.11. The molecule has 2 aliphatic heterocycles. The number of aliphatic imine (C=N–C) groups is 1. The molecule has 2 aromatic carbocycles. The number of nitriles is 1. The molecule has 0 atom stereocenters. The molecule has 0 aliphatic carbocycles. The fourth-order valence-electron chi connectivity index (χ4n) is 3.17. The first-order chi connectivity index (χ1) is 15.5. The summed E-state index contributed by atoms with van der Waals surface area (Å²) in [6, 6.07) is 10.8. The van der Waals surface area contributed by atoms with Crippen LogP contribution < -0.4 is 10.1 Å². The maximum absolute atomic E-state index is 13.3. The van der Waals surface area contributed by atoms with E-state index in [0.29, 0.717) is 34.3 Å². The summed E-state index contributed by atoms with van der Waals surface area (Å²) in [6.07, 6.45) is 1.59. The van der Waals surface area contributed by atoms with Crippen molar-refractivity contribution in [3.8, 4) is 23.3 Å². The number of phenols is 1. The minimum absolute atomic E-state index is 0.105. The number of benzene rings is 2. The number of nitrogens with zero attached hydrogens (tertiary/aromatic N) is 3. The van der Waals surface area contributed by atoms with Crippen LogP contribution in [-0.4, -0.2) is 46.6 Å². The van der Waals surface area contributed by atoms with Gasteiger partial charge in [0, 0.05) is 18.7 Å². The number of hydrogen-bond acceptors (Lipinski definition) is 7. The fraction of sp³-hybridized carbons (Fsp3) is 0.182. The molecule has 32 heavy (non-hydrogen) atoms. The number of ether oxygens (including phenoxy) is 1. The van der Waals surface area contributed by atoms with Crippen molar-refractivity contribution in [1.29, 1.82) is 5.26 Å². The number of hydrogen-bond donors (Lipinski definition) is 2. The number of rotatable bonds is 4. The Morgan fingerprint density at radius 1 is 1.28 bits per heavy atom. The first-order valence-corrected chi connectivity index (χ1v) is 10.4. The highest BCUT2D eigenvalue weighted by Crippen LogP contribution is 2.36. The zero-order valence-corrected chi connectivity index (χ0v) is 17.5. The maximum atomic E-state index is 13.3. The van der Waals surface area contributed by atoms with Gasteiger partial charge in [-0.25, -0.2) is 4.39 Å². The number of carbonyl (C=O) groups is 2. The van der Waals surface area contributed by atoms with E-state index in [-0.39, 0.29) is 35.3 Å². The van der Waals surface area contributed by atoms with Crippen LogP contribution in [0.15, 0.2) is 46.3 Å². The molecule has 1 fully saturated rings. The Morgan fingerprint density at radius 2 is 2.09 bits per heavy atom. The van der Waals surface area contributed by atoms with E-state index in [1.54, 1.807) is 17.0 Å². The normalized spacial score (nSPS) is 17.2. The summed E-state index contributed by atoms with van der Waals surface area (Å²) in [5, 5.41) is 22.5. The Hall–Kier alpha value is -3.84. The molecule has 8 nitrogen and oxygen atoms in total. The topological polar surface area (TPSA) is 115 Å². The van der Waals surface area contributed by atoms with Crippen molar-refractivity contribution in [3.63, 3.8) is 0 Å². The number of carbonyl (C=O) groups excluding carboxylic acids is 2. The average molecular weight is 452 g/mol. The summed E-state index contributed by atoms with van der Waals surface area (Å²) in [4.78, 5) is 30.0. The molecule has 0 bridgehead atoms. The van der Waals surface area contributed by atoms with Gasteiger partial charge in [0.15, 0.2) is 16.7 Å². The summed E-state index contributed by atoms with van der Waals surface area (Å²) in [5.41, 5.74) is 1.05. The highest BCUT2D eigenvalue weighted by molar-refractivity contribution is 8.18. The van der Waals surface area contributed by atoms with E-state index in [1.165, 1.54) is 42.1 Å². The van der Waals surface area contributed by atoms with E-state index in [0.717, 1.165) is 0 Å². The molecule has 2 N–H and O–H groups in total. The number of alkyl halides is 1. The average Bonchev–Trinajstić information content (AvgIpc) is 3.16. The fourth-order valence-corrected chi connectivity index (χ4v) is 4.11. The monoisotopic (exact) mass is 452 g/mol. The molecular formula is C22H17FN4O4S. The number of phenolic OH excluding ortho intramolecular Hbond substituents is 1. The lowest BCUT2D eigenvalue weighted by Gasteiger charge is -2.27. The molecule has 0 saturated carbocycles. The molecule has 2 aliphatic rings. The number of piperazine rings is 1. The van der Waals surface area contributed by atoms with Crippen LogP contribution >= 0.6 is 11.8 Å². The molecule has 162 valence electrons. The molecule has 0 unspecified atom stereocenters. The second-order valence-electron chi connectivity index (χ2n) is 6.98. The van der Waals surface area contributed by atoms with Crippen LogP contribution in [0.5, 0.6) is 17.2 Å². The predicted molar refractivity (Wildman–Crippen MR) is 117 cm³/mol. The largest absolute Gasteiger partial charge is 0.504 e. The molecule has 4 rings (SSSR count). The number of amidine groups is 1. The van der Waals surface area contributed by atoms with Gasteiger partial charge in [-0.15, -0.1) is 0 Å². The van der Waals surface area contributed by atoms with Crippen molar-refractivity contribution < 1.29 is 23.8 Å². The molecule has 0 aromatic heterocycles. The van der Waals surface area contributed by atoms with Crippen LogP contribution in [0.1, 0.15) is 16.7 Å².